The summed E-state index contributed by atoms with van der Waals surface area (Å²) in [5, 5.41) is 12.1. The molecule has 1 aromatic rings. The summed E-state index contributed by atoms with van der Waals surface area (Å²) in [6.45, 7) is 2.35. The van der Waals surface area contributed by atoms with Crippen molar-refractivity contribution in [1.82, 2.24) is 10.2 Å². The number of nitriles is 1. The molecule has 0 atom stereocenters. The molecule has 2 fully saturated rings. The van der Waals surface area contributed by atoms with Crippen LogP contribution in [0.15, 0.2) is 16.5 Å². The Labute approximate surface area is 118 Å². The van der Waals surface area contributed by atoms with Crippen LogP contribution in [0.3, 0.4) is 0 Å². The summed E-state index contributed by atoms with van der Waals surface area (Å²) in [6.07, 6.45) is 4.14. The molecule has 0 radical (unpaired) electrons. The van der Waals surface area contributed by atoms with Gasteiger partial charge in [-0.1, -0.05) is 0 Å². The molecule has 5 heteroatoms. The molecule has 0 aromatic carbocycles. The van der Waals surface area contributed by atoms with Crippen LogP contribution < -0.4 is 5.32 Å². The molecule has 1 aliphatic carbocycles. The molecule has 1 N–H and O–H groups in total. The van der Waals surface area contributed by atoms with Gasteiger partial charge < -0.3 is 14.6 Å². The zero-order valence-corrected chi connectivity index (χ0v) is 11.5. The van der Waals surface area contributed by atoms with E-state index in [4.69, 9.17) is 9.68 Å². The fourth-order valence-corrected chi connectivity index (χ4v) is 2.67. The Balaban J connectivity index is 1.42. The van der Waals surface area contributed by atoms with Crippen molar-refractivity contribution in [3.05, 3.63) is 23.7 Å². The molecular formula is C15H19N3O2. The molecule has 3 rings (SSSR count). The Morgan fingerprint density at radius 2 is 2.10 bits per heavy atom. The zero-order valence-electron chi connectivity index (χ0n) is 11.5. The SMILES string of the molecule is N#Cc1ccc(CNC2CCN(C(=O)C3CC3)CC2)o1. The molecule has 2 heterocycles. The van der Waals surface area contributed by atoms with Crippen molar-refractivity contribution in [2.24, 2.45) is 5.92 Å². The third-order valence-electron chi connectivity index (χ3n) is 4.07. The van der Waals surface area contributed by atoms with Gasteiger partial charge in [-0.2, -0.15) is 5.26 Å². The number of amides is 1. The van der Waals surface area contributed by atoms with Gasteiger partial charge >= 0.3 is 0 Å². The molecular weight excluding hydrogens is 254 g/mol. The summed E-state index contributed by atoms with van der Waals surface area (Å²) in [5.41, 5.74) is 0. The maximum Gasteiger partial charge on any atom is 0.225 e. The predicted molar refractivity (Wildman–Crippen MR) is 72.6 cm³/mol. The molecule has 106 valence electrons. The lowest BCUT2D eigenvalue weighted by atomic mass is 10.0. The molecule has 20 heavy (non-hydrogen) atoms. The molecule has 0 spiro atoms. The number of furan rings is 1. The Morgan fingerprint density at radius 1 is 1.35 bits per heavy atom. The van der Waals surface area contributed by atoms with Crippen LogP contribution in [-0.4, -0.2) is 29.9 Å². The lowest BCUT2D eigenvalue weighted by molar-refractivity contribution is -0.133. The molecule has 1 aromatic heterocycles. The smallest absolute Gasteiger partial charge is 0.225 e. The lowest BCUT2D eigenvalue weighted by Crippen LogP contribution is -2.45. The highest BCUT2D eigenvalue weighted by Gasteiger charge is 2.34. The normalized spacial score (nSPS) is 19.9. The van der Waals surface area contributed by atoms with Crippen molar-refractivity contribution in [1.29, 1.82) is 5.26 Å². The standard InChI is InChI=1S/C15H19N3O2/c16-9-13-3-4-14(20-13)10-17-12-5-7-18(8-6-12)15(19)11-1-2-11/h3-4,11-12,17H,1-2,5-8,10H2. The monoisotopic (exact) mass is 273 g/mol. The molecule has 2 aliphatic rings. The number of carbonyl (C=O) groups is 1. The Morgan fingerprint density at radius 3 is 2.70 bits per heavy atom. The van der Waals surface area contributed by atoms with E-state index in [-0.39, 0.29) is 0 Å². The van der Waals surface area contributed by atoms with Crippen LogP contribution in [0.5, 0.6) is 0 Å². The fraction of sp³-hybridized carbons (Fsp3) is 0.600. The van der Waals surface area contributed by atoms with Gasteiger partial charge in [0, 0.05) is 25.0 Å². The number of hydrogen-bond acceptors (Lipinski definition) is 4. The second-order valence-corrected chi connectivity index (χ2v) is 5.63. The first-order valence-electron chi connectivity index (χ1n) is 7.27. The fourth-order valence-electron chi connectivity index (χ4n) is 2.67. The average Bonchev–Trinajstić information content (AvgIpc) is 3.24. The van der Waals surface area contributed by atoms with Crippen LogP contribution in [0.4, 0.5) is 0 Å². The van der Waals surface area contributed by atoms with Crippen LogP contribution in [0.25, 0.3) is 0 Å². The molecule has 1 amide bonds. The number of carbonyl (C=O) groups excluding carboxylic acids is 1. The summed E-state index contributed by atoms with van der Waals surface area (Å²) in [6, 6.07) is 5.93. The van der Waals surface area contributed by atoms with Crippen molar-refractivity contribution < 1.29 is 9.21 Å². The number of hydrogen-bond donors (Lipinski definition) is 1. The minimum absolute atomic E-state index is 0.326. The van der Waals surface area contributed by atoms with E-state index in [2.05, 4.69) is 5.32 Å². The highest BCUT2D eigenvalue weighted by molar-refractivity contribution is 5.81. The van der Waals surface area contributed by atoms with E-state index in [1.165, 1.54) is 0 Å². The summed E-state index contributed by atoms with van der Waals surface area (Å²) in [5.74, 6) is 1.82. The number of nitrogens with zero attached hydrogens (tertiary/aromatic N) is 2. The van der Waals surface area contributed by atoms with Crippen LogP contribution in [0.2, 0.25) is 0 Å². The minimum atomic E-state index is 0.326. The Kier molecular flexibility index (Phi) is 3.75. The highest BCUT2D eigenvalue weighted by atomic mass is 16.3. The van der Waals surface area contributed by atoms with Crippen LogP contribution in [0, 0.1) is 17.2 Å². The topological polar surface area (TPSA) is 69.3 Å². The van der Waals surface area contributed by atoms with E-state index in [1.54, 1.807) is 6.07 Å². The molecule has 5 nitrogen and oxygen atoms in total. The summed E-state index contributed by atoms with van der Waals surface area (Å²) in [7, 11) is 0. The number of rotatable bonds is 4. The van der Waals surface area contributed by atoms with Crippen molar-refractivity contribution in [3.63, 3.8) is 0 Å². The highest BCUT2D eigenvalue weighted by Crippen LogP contribution is 2.31. The van der Waals surface area contributed by atoms with Gasteiger partial charge in [-0.15, -0.1) is 0 Å². The molecule has 1 saturated heterocycles. The maximum atomic E-state index is 11.9. The van der Waals surface area contributed by atoms with Gasteiger partial charge in [0.2, 0.25) is 11.7 Å². The third-order valence-corrected chi connectivity index (χ3v) is 4.07. The van der Waals surface area contributed by atoms with Crippen molar-refractivity contribution >= 4 is 5.91 Å². The molecule has 0 bridgehead atoms. The zero-order chi connectivity index (χ0) is 13.9. The minimum Gasteiger partial charge on any atom is -0.449 e. The Hall–Kier alpha value is -1.80. The lowest BCUT2D eigenvalue weighted by Gasteiger charge is -2.32. The third kappa shape index (κ3) is 3.02. The summed E-state index contributed by atoms with van der Waals surface area (Å²) < 4.78 is 5.33. The largest absolute Gasteiger partial charge is 0.449 e. The van der Waals surface area contributed by atoms with E-state index in [0.29, 0.717) is 30.2 Å². The van der Waals surface area contributed by atoms with Crippen molar-refractivity contribution in [2.75, 3.05) is 13.1 Å². The molecule has 1 aliphatic heterocycles. The van der Waals surface area contributed by atoms with E-state index >= 15 is 0 Å². The first-order chi connectivity index (χ1) is 9.76. The second-order valence-electron chi connectivity index (χ2n) is 5.63. The van der Waals surface area contributed by atoms with Crippen LogP contribution in [-0.2, 0) is 11.3 Å². The van der Waals surface area contributed by atoms with Crippen molar-refractivity contribution in [3.8, 4) is 6.07 Å². The number of likely N-dealkylation sites (tertiary alicyclic amines) is 1. The van der Waals surface area contributed by atoms with Gasteiger partial charge in [-0.3, -0.25) is 4.79 Å². The first kappa shape index (κ1) is 13.2. The van der Waals surface area contributed by atoms with Crippen LogP contribution >= 0.6 is 0 Å². The molecule has 0 unspecified atom stereocenters. The Bertz CT molecular complexity index is 519. The van der Waals surface area contributed by atoms with Gasteiger partial charge in [0.1, 0.15) is 11.8 Å². The van der Waals surface area contributed by atoms with E-state index < -0.39 is 0 Å². The average molecular weight is 273 g/mol. The van der Waals surface area contributed by atoms with E-state index in [1.807, 2.05) is 17.0 Å². The summed E-state index contributed by atoms with van der Waals surface area (Å²) in [4.78, 5) is 14.0. The van der Waals surface area contributed by atoms with E-state index in [0.717, 1.165) is 44.5 Å². The van der Waals surface area contributed by atoms with E-state index in [9.17, 15) is 4.79 Å². The second kappa shape index (κ2) is 5.68. The molecule has 1 saturated carbocycles. The number of nitrogens with one attached hydrogen (secondary N) is 1. The quantitative estimate of drug-likeness (QED) is 0.905. The summed E-state index contributed by atoms with van der Waals surface area (Å²) >= 11 is 0. The first-order valence-corrected chi connectivity index (χ1v) is 7.27. The predicted octanol–water partition coefficient (Wildman–Crippen LogP) is 1.64. The van der Waals surface area contributed by atoms with Gasteiger partial charge in [-0.25, -0.2) is 0 Å². The van der Waals surface area contributed by atoms with Crippen LogP contribution in [0.1, 0.15) is 37.2 Å². The van der Waals surface area contributed by atoms with Gasteiger partial charge in [-0.05, 0) is 37.8 Å². The van der Waals surface area contributed by atoms with Gasteiger partial charge in [0.05, 0.1) is 6.54 Å². The number of piperidine rings is 1. The van der Waals surface area contributed by atoms with Gasteiger partial charge in [0.25, 0.3) is 0 Å². The van der Waals surface area contributed by atoms with Gasteiger partial charge in [0.15, 0.2) is 0 Å². The van der Waals surface area contributed by atoms with Crippen molar-refractivity contribution in [2.45, 2.75) is 38.3 Å². The maximum absolute atomic E-state index is 11.9.